The molecule has 0 saturated carbocycles. The summed E-state index contributed by atoms with van der Waals surface area (Å²) in [7, 11) is 1.55. The zero-order valence-corrected chi connectivity index (χ0v) is 11.9. The van der Waals surface area contributed by atoms with Crippen molar-refractivity contribution in [1.29, 1.82) is 0 Å². The van der Waals surface area contributed by atoms with Gasteiger partial charge in [-0.15, -0.1) is 0 Å². The Morgan fingerprint density at radius 3 is 2.79 bits per heavy atom. The summed E-state index contributed by atoms with van der Waals surface area (Å²) in [6.45, 7) is -0.664. The van der Waals surface area contributed by atoms with Crippen LogP contribution >= 0.6 is 15.9 Å². The first-order valence-corrected chi connectivity index (χ1v) is 6.24. The van der Waals surface area contributed by atoms with Crippen molar-refractivity contribution in [3.63, 3.8) is 0 Å². The monoisotopic (exact) mass is 345 g/mol. The van der Waals surface area contributed by atoms with E-state index in [9.17, 15) is 13.2 Å². The van der Waals surface area contributed by atoms with Crippen LogP contribution in [0.4, 0.5) is 13.2 Å². The molecular weight excluding hydrogens is 331 g/mol. The summed E-state index contributed by atoms with van der Waals surface area (Å²) in [6.07, 6.45) is -2.82. The van der Waals surface area contributed by atoms with Crippen molar-refractivity contribution in [3.8, 4) is 0 Å². The molecule has 9 heteroatoms. The number of nitrogens with two attached hydrogens (primary N) is 1. The number of rotatable bonds is 7. The van der Waals surface area contributed by atoms with Gasteiger partial charge in [0.05, 0.1) is 42.2 Å². The maximum Gasteiger partial charge on any atom is 0.411 e. The van der Waals surface area contributed by atoms with Crippen LogP contribution in [0.25, 0.3) is 0 Å². The van der Waals surface area contributed by atoms with Crippen LogP contribution in [-0.4, -0.2) is 42.9 Å². The molecule has 1 rings (SSSR count). The summed E-state index contributed by atoms with van der Waals surface area (Å²) in [4.78, 5) is 0. The Balaban J connectivity index is 2.60. The number of ether oxygens (including phenoxy) is 2. The van der Waals surface area contributed by atoms with Crippen molar-refractivity contribution >= 4 is 15.9 Å². The van der Waals surface area contributed by atoms with Gasteiger partial charge in [-0.2, -0.15) is 18.3 Å². The Hall–Kier alpha value is -0.640. The Labute approximate surface area is 117 Å². The molecule has 0 fully saturated rings. The van der Waals surface area contributed by atoms with E-state index in [1.165, 1.54) is 6.20 Å². The van der Waals surface area contributed by atoms with E-state index in [-0.39, 0.29) is 6.61 Å². The van der Waals surface area contributed by atoms with Crippen molar-refractivity contribution in [1.82, 2.24) is 9.78 Å². The number of methoxy groups -OCH3 is 1. The van der Waals surface area contributed by atoms with Crippen LogP contribution in [0.5, 0.6) is 0 Å². The summed E-state index contributed by atoms with van der Waals surface area (Å²) in [6, 6.07) is -0.698. The SMILES string of the molecule is COCCn1ncc(Br)c1C(N)COCC(F)(F)F. The van der Waals surface area contributed by atoms with Crippen LogP contribution in [0.1, 0.15) is 11.7 Å². The molecule has 0 aromatic carbocycles. The maximum atomic E-state index is 12.0. The molecule has 2 N–H and O–H groups in total. The van der Waals surface area contributed by atoms with Crippen molar-refractivity contribution in [2.75, 3.05) is 26.9 Å². The van der Waals surface area contributed by atoms with Crippen LogP contribution in [0.15, 0.2) is 10.7 Å². The van der Waals surface area contributed by atoms with Crippen LogP contribution in [0.3, 0.4) is 0 Å². The van der Waals surface area contributed by atoms with Crippen molar-refractivity contribution in [3.05, 3.63) is 16.4 Å². The number of hydrogen-bond acceptors (Lipinski definition) is 4. The van der Waals surface area contributed by atoms with Gasteiger partial charge in [0.2, 0.25) is 0 Å². The van der Waals surface area contributed by atoms with Gasteiger partial charge in [0.15, 0.2) is 0 Å². The third kappa shape index (κ3) is 5.47. The fourth-order valence-electron chi connectivity index (χ4n) is 1.48. The summed E-state index contributed by atoms with van der Waals surface area (Å²) in [5, 5.41) is 4.06. The van der Waals surface area contributed by atoms with E-state index < -0.39 is 18.8 Å². The lowest BCUT2D eigenvalue weighted by atomic mass is 10.2. The van der Waals surface area contributed by atoms with Crippen LogP contribution in [-0.2, 0) is 16.0 Å². The van der Waals surface area contributed by atoms with E-state index in [0.717, 1.165) is 0 Å². The molecule has 0 amide bonds. The minimum absolute atomic E-state index is 0.239. The number of halogens is 4. The quantitative estimate of drug-likeness (QED) is 0.819. The Kier molecular flexibility index (Phi) is 6.24. The van der Waals surface area contributed by atoms with Gasteiger partial charge in [0, 0.05) is 7.11 Å². The van der Waals surface area contributed by atoms with Crippen LogP contribution < -0.4 is 5.73 Å². The smallest absolute Gasteiger partial charge is 0.383 e. The van der Waals surface area contributed by atoms with E-state index in [4.69, 9.17) is 10.5 Å². The summed E-state index contributed by atoms with van der Waals surface area (Å²) in [5.41, 5.74) is 6.40. The second-order valence-electron chi connectivity index (χ2n) is 3.83. The van der Waals surface area contributed by atoms with Crippen LogP contribution in [0, 0.1) is 0 Å². The summed E-state index contributed by atoms with van der Waals surface area (Å²) < 4.78 is 47.6. The molecule has 0 radical (unpaired) electrons. The topological polar surface area (TPSA) is 62.3 Å². The highest BCUT2D eigenvalue weighted by Gasteiger charge is 2.28. The summed E-state index contributed by atoms with van der Waals surface area (Å²) in [5.74, 6) is 0. The highest BCUT2D eigenvalue weighted by Crippen LogP contribution is 2.23. The molecule has 0 aliphatic rings. The van der Waals surface area contributed by atoms with Gasteiger partial charge < -0.3 is 15.2 Å². The Bertz CT molecular complexity index is 398. The molecule has 110 valence electrons. The minimum atomic E-state index is -4.35. The maximum absolute atomic E-state index is 12.0. The number of aromatic nitrogens is 2. The van der Waals surface area contributed by atoms with Gasteiger partial charge in [-0.25, -0.2) is 0 Å². The Morgan fingerprint density at radius 1 is 1.53 bits per heavy atom. The molecule has 1 aromatic heterocycles. The first-order chi connectivity index (χ1) is 8.85. The fraction of sp³-hybridized carbons (Fsp3) is 0.700. The number of hydrogen-bond donors (Lipinski definition) is 1. The second kappa shape index (κ2) is 7.22. The first kappa shape index (κ1) is 16.4. The second-order valence-corrected chi connectivity index (χ2v) is 4.68. The number of nitrogens with zero attached hydrogens (tertiary/aromatic N) is 2. The fourth-order valence-corrected chi connectivity index (χ4v) is 2.07. The van der Waals surface area contributed by atoms with E-state index in [1.807, 2.05) is 0 Å². The zero-order valence-electron chi connectivity index (χ0n) is 10.3. The molecular formula is C10H15BrF3N3O2. The molecule has 5 nitrogen and oxygen atoms in total. The highest BCUT2D eigenvalue weighted by atomic mass is 79.9. The summed E-state index contributed by atoms with van der Waals surface area (Å²) >= 11 is 3.26. The molecule has 0 aliphatic heterocycles. The van der Waals surface area contributed by atoms with Crippen LogP contribution in [0.2, 0.25) is 0 Å². The van der Waals surface area contributed by atoms with Gasteiger partial charge in [0.25, 0.3) is 0 Å². The number of alkyl halides is 3. The van der Waals surface area contributed by atoms with E-state index in [1.54, 1.807) is 11.8 Å². The standard InChI is InChI=1S/C10H15BrF3N3O2/c1-18-3-2-17-9(7(11)4-16-17)8(15)5-19-6-10(12,13)14/h4,8H,2-3,5-6,15H2,1H3. The molecule has 1 heterocycles. The molecule has 0 spiro atoms. The molecule has 0 bridgehead atoms. The lowest BCUT2D eigenvalue weighted by molar-refractivity contribution is -0.175. The average molecular weight is 346 g/mol. The molecule has 1 atom stereocenters. The third-order valence-electron chi connectivity index (χ3n) is 2.25. The van der Waals surface area contributed by atoms with E-state index in [0.29, 0.717) is 23.3 Å². The van der Waals surface area contributed by atoms with Gasteiger partial charge in [-0.3, -0.25) is 4.68 Å². The van der Waals surface area contributed by atoms with Crippen molar-refractivity contribution in [2.24, 2.45) is 5.73 Å². The normalized spacial score (nSPS) is 13.8. The lowest BCUT2D eigenvalue weighted by Gasteiger charge is -2.16. The lowest BCUT2D eigenvalue weighted by Crippen LogP contribution is -2.26. The van der Waals surface area contributed by atoms with Gasteiger partial charge in [-0.1, -0.05) is 0 Å². The van der Waals surface area contributed by atoms with Crippen molar-refractivity contribution in [2.45, 2.75) is 18.8 Å². The molecule has 0 aliphatic carbocycles. The molecule has 19 heavy (non-hydrogen) atoms. The van der Waals surface area contributed by atoms with Gasteiger partial charge in [-0.05, 0) is 15.9 Å². The van der Waals surface area contributed by atoms with Gasteiger partial charge in [0.1, 0.15) is 6.61 Å². The predicted molar refractivity (Wildman–Crippen MR) is 65.6 cm³/mol. The molecule has 0 saturated heterocycles. The largest absolute Gasteiger partial charge is 0.411 e. The van der Waals surface area contributed by atoms with E-state index >= 15 is 0 Å². The van der Waals surface area contributed by atoms with Crippen molar-refractivity contribution < 1.29 is 22.6 Å². The molecule has 1 unspecified atom stereocenters. The minimum Gasteiger partial charge on any atom is -0.383 e. The first-order valence-electron chi connectivity index (χ1n) is 5.45. The third-order valence-corrected chi connectivity index (χ3v) is 2.87. The van der Waals surface area contributed by atoms with Gasteiger partial charge >= 0.3 is 6.18 Å². The predicted octanol–water partition coefficient (Wildman–Crippen LogP) is 1.87. The zero-order chi connectivity index (χ0) is 14.5. The van der Waals surface area contributed by atoms with E-state index in [2.05, 4.69) is 25.8 Å². The molecule has 1 aromatic rings. The average Bonchev–Trinajstić information content (AvgIpc) is 2.66. The highest BCUT2D eigenvalue weighted by molar-refractivity contribution is 9.10. The Morgan fingerprint density at radius 2 is 2.21 bits per heavy atom.